The Morgan fingerprint density at radius 2 is 2.05 bits per heavy atom. The fourth-order valence-electron chi connectivity index (χ4n) is 2.66. The normalized spacial score (nSPS) is 11.3. The molecule has 21 heavy (non-hydrogen) atoms. The van der Waals surface area contributed by atoms with Crippen molar-refractivity contribution in [2.24, 2.45) is 5.92 Å². The van der Waals surface area contributed by atoms with E-state index in [1.165, 1.54) is 5.56 Å². The molecule has 0 fully saturated rings. The maximum Gasteiger partial charge on any atom is 0.234 e. The molecule has 114 valence electrons. The van der Waals surface area contributed by atoms with Crippen LogP contribution in [-0.4, -0.2) is 14.9 Å². The summed E-state index contributed by atoms with van der Waals surface area (Å²) in [4.78, 5) is 0. The summed E-state index contributed by atoms with van der Waals surface area (Å²) in [6.45, 7) is 9.43. The number of rotatable bonds is 6. The van der Waals surface area contributed by atoms with Crippen LogP contribution in [0.5, 0.6) is 5.88 Å². The lowest BCUT2D eigenvalue weighted by molar-refractivity contribution is 0.418. The van der Waals surface area contributed by atoms with Gasteiger partial charge in [-0.1, -0.05) is 51.0 Å². The molecular weight excluding hydrogens is 260 g/mol. The maximum atomic E-state index is 10.3. The number of hydrogen-bond donors (Lipinski definition) is 1. The Balaban J connectivity index is 2.52. The first kappa shape index (κ1) is 15.6. The number of unbranched alkanes of at least 4 members (excludes halogenated alkanes) is 1. The Labute approximate surface area is 127 Å². The van der Waals surface area contributed by atoms with E-state index in [4.69, 9.17) is 0 Å². The van der Waals surface area contributed by atoms with Crippen LogP contribution in [0.1, 0.15) is 44.7 Å². The minimum atomic E-state index is 0.195. The van der Waals surface area contributed by atoms with E-state index in [0.29, 0.717) is 5.92 Å². The number of aryl methyl sites for hydroxylation is 1. The molecule has 0 radical (unpaired) electrons. The molecule has 0 bridgehead atoms. The van der Waals surface area contributed by atoms with E-state index < -0.39 is 0 Å². The number of hydrogen-bond acceptors (Lipinski definition) is 2. The van der Waals surface area contributed by atoms with Gasteiger partial charge in [0, 0.05) is 17.7 Å². The van der Waals surface area contributed by atoms with E-state index in [9.17, 15) is 5.11 Å². The number of benzene rings is 1. The zero-order chi connectivity index (χ0) is 15.4. The van der Waals surface area contributed by atoms with Crippen molar-refractivity contribution in [1.82, 2.24) is 9.78 Å². The fraction of sp³-hybridized carbons (Fsp3) is 0.500. The van der Waals surface area contributed by atoms with E-state index in [1.807, 2.05) is 4.68 Å². The van der Waals surface area contributed by atoms with Crippen molar-refractivity contribution in [3.05, 3.63) is 35.4 Å². The Morgan fingerprint density at radius 3 is 2.67 bits per heavy atom. The van der Waals surface area contributed by atoms with Gasteiger partial charge in [0.1, 0.15) is 0 Å². The van der Waals surface area contributed by atoms with Crippen LogP contribution in [0.4, 0.5) is 0 Å². The molecule has 0 unspecified atom stereocenters. The summed E-state index contributed by atoms with van der Waals surface area (Å²) in [6, 6.07) is 8.44. The topological polar surface area (TPSA) is 38.1 Å². The van der Waals surface area contributed by atoms with Crippen LogP contribution >= 0.6 is 0 Å². The van der Waals surface area contributed by atoms with Crippen molar-refractivity contribution in [2.75, 3.05) is 0 Å². The lowest BCUT2D eigenvalue weighted by atomic mass is 10.0. The third-order valence-corrected chi connectivity index (χ3v) is 3.64. The largest absolute Gasteiger partial charge is 0.492 e. The Hall–Kier alpha value is -1.77. The number of aromatic nitrogens is 2. The highest BCUT2D eigenvalue weighted by Crippen LogP contribution is 2.32. The van der Waals surface area contributed by atoms with Gasteiger partial charge < -0.3 is 5.11 Å². The summed E-state index contributed by atoms with van der Waals surface area (Å²) in [7, 11) is 0. The molecule has 3 nitrogen and oxygen atoms in total. The van der Waals surface area contributed by atoms with Gasteiger partial charge in [0.25, 0.3) is 0 Å². The van der Waals surface area contributed by atoms with Gasteiger partial charge in [-0.3, -0.25) is 4.68 Å². The summed E-state index contributed by atoms with van der Waals surface area (Å²) in [6.07, 6.45) is 3.06. The predicted molar refractivity (Wildman–Crippen MR) is 87.5 cm³/mol. The van der Waals surface area contributed by atoms with Gasteiger partial charge in [-0.25, -0.2) is 0 Å². The quantitative estimate of drug-likeness (QED) is 0.845. The summed E-state index contributed by atoms with van der Waals surface area (Å²) in [5.41, 5.74) is 4.45. The molecule has 2 aromatic rings. The van der Waals surface area contributed by atoms with Crippen LogP contribution in [0.3, 0.4) is 0 Å². The van der Waals surface area contributed by atoms with Crippen molar-refractivity contribution < 1.29 is 5.11 Å². The van der Waals surface area contributed by atoms with Gasteiger partial charge in [0.2, 0.25) is 5.88 Å². The lowest BCUT2D eigenvalue weighted by Gasteiger charge is -2.12. The van der Waals surface area contributed by atoms with Crippen LogP contribution in [-0.2, 0) is 13.0 Å². The molecule has 2 rings (SSSR count). The zero-order valence-corrected chi connectivity index (χ0v) is 13.6. The van der Waals surface area contributed by atoms with Crippen LogP contribution < -0.4 is 0 Å². The smallest absolute Gasteiger partial charge is 0.234 e. The first-order valence-corrected chi connectivity index (χ1v) is 7.88. The second kappa shape index (κ2) is 6.79. The van der Waals surface area contributed by atoms with Crippen LogP contribution in [0, 0.1) is 12.8 Å². The number of nitrogens with zero attached hydrogens (tertiary/aromatic N) is 2. The first-order valence-electron chi connectivity index (χ1n) is 7.88. The molecule has 1 N–H and O–H groups in total. The minimum Gasteiger partial charge on any atom is -0.492 e. The van der Waals surface area contributed by atoms with E-state index in [2.05, 4.69) is 57.1 Å². The zero-order valence-electron chi connectivity index (χ0n) is 13.6. The second-order valence-electron chi connectivity index (χ2n) is 6.20. The molecule has 1 aromatic heterocycles. The fourth-order valence-corrected chi connectivity index (χ4v) is 2.66. The first-order chi connectivity index (χ1) is 10.0. The van der Waals surface area contributed by atoms with Gasteiger partial charge in [-0.05, 0) is 31.7 Å². The van der Waals surface area contributed by atoms with Crippen LogP contribution in [0.25, 0.3) is 11.3 Å². The van der Waals surface area contributed by atoms with Gasteiger partial charge in [-0.15, -0.1) is 5.10 Å². The standard InChI is InChI=1S/C18H26N2O/c1-5-6-10-16-17(15-9-7-8-14(4)11-15)20(12-13(2)3)19-18(16)21/h7-9,11,13H,5-6,10,12H2,1-4H3,(H,19,21). The lowest BCUT2D eigenvalue weighted by Crippen LogP contribution is -2.08. The number of aromatic hydroxyl groups is 1. The predicted octanol–water partition coefficient (Wildman–Crippen LogP) is 4.56. The molecule has 0 aliphatic rings. The Bertz CT molecular complexity index is 599. The molecule has 0 aliphatic heterocycles. The van der Waals surface area contributed by atoms with Crippen molar-refractivity contribution in [1.29, 1.82) is 0 Å². The van der Waals surface area contributed by atoms with E-state index in [0.717, 1.165) is 42.6 Å². The Kier molecular flexibility index (Phi) is 5.05. The summed E-state index contributed by atoms with van der Waals surface area (Å²) in [5, 5.41) is 14.6. The second-order valence-corrected chi connectivity index (χ2v) is 6.20. The highest BCUT2D eigenvalue weighted by Gasteiger charge is 2.19. The molecule has 0 aliphatic carbocycles. The molecule has 0 amide bonds. The monoisotopic (exact) mass is 286 g/mol. The molecule has 3 heteroatoms. The van der Waals surface area contributed by atoms with Crippen LogP contribution in [0.2, 0.25) is 0 Å². The Morgan fingerprint density at radius 1 is 1.29 bits per heavy atom. The average molecular weight is 286 g/mol. The van der Waals surface area contributed by atoms with Crippen molar-refractivity contribution in [3.8, 4) is 17.1 Å². The van der Waals surface area contributed by atoms with Gasteiger partial charge in [0.05, 0.1) is 5.69 Å². The highest BCUT2D eigenvalue weighted by molar-refractivity contribution is 5.66. The SMILES string of the molecule is CCCCc1c(O)nn(CC(C)C)c1-c1cccc(C)c1. The van der Waals surface area contributed by atoms with E-state index >= 15 is 0 Å². The summed E-state index contributed by atoms with van der Waals surface area (Å²) < 4.78 is 1.97. The third kappa shape index (κ3) is 3.66. The third-order valence-electron chi connectivity index (χ3n) is 3.64. The summed E-state index contributed by atoms with van der Waals surface area (Å²) >= 11 is 0. The molecular formula is C18H26N2O. The van der Waals surface area contributed by atoms with Crippen molar-refractivity contribution in [3.63, 3.8) is 0 Å². The van der Waals surface area contributed by atoms with Crippen LogP contribution in [0.15, 0.2) is 24.3 Å². The van der Waals surface area contributed by atoms with Gasteiger partial charge >= 0.3 is 0 Å². The molecule has 0 atom stereocenters. The van der Waals surface area contributed by atoms with Crippen molar-refractivity contribution in [2.45, 2.75) is 53.5 Å². The van der Waals surface area contributed by atoms with Gasteiger partial charge in [-0.2, -0.15) is 0 Å². The molecule has 0 saturated heterocycles. The maximum absolute atomic E-state index is 10.3. The minimum absolute atomic E-state index is 0.195. The molecule has 1 heterocycles. The van der Waals surface area contributed by atoms with Crippen molar-refractivity contribution >= 4 is 0 Å². The summed E-state index contributed by atoms with van der Waals surface area (Å²) in [5.74, 6) is 0.687. The van der Waals surface area contributed by atoms with Gasteiger partial charge in [0.15, 0.2) is 0 Å². The average Bonchev–Trinajstić information content (AvgIpc) is 2.71. The molecule has 0 spiro atoms. The van der Waals surface area contributed by atoms with E-state index in [-0.39, 0.29) is 5.88 Å². The van der Waals surface area contributed by atoms with E-state index in [1.54, 1.807) is 0 Å². The molecule has 0 saturated carbocycles. The highest BCUT2D eigenvalue weighted by atomic mass is 16.3. The molecule has 1 aromatic carbocycles.